The van der Waals surface area contributed by atoms with E-state index < -0.39 is 0 Å². The van der Waals surface area contributed by atoms with Gasteiger partial charge in [-0.15, -0.1) is 0 Å². The van der Waals surface area contributed by atoms with Crippen molar-refractivity contribution >= 4 is 15.9 Å². The molecule has 1 heterocycles. The zero-order valence-electron chi connectivity index (χ0n) is 12.3. The van der Waals surface area contributed by atoms with Gasteiger partial charge in [-0.3, -0.25) is 4.90 Å². The maximum atomic E-state index is 3.53. The Bertz CT molecular complexity index is 526. The van der Waals surface area contributed by atoms with Gasteiger partial charge in [0.1, 0.15) is 0 Å². The van der Waals surface area contributed by atoms with E-state index in [0.717, 1.165) is 30.7 Å². The Kier molecular flexibility index (Phi) is 4.73. The van der Waals surface area contributed by atoms with E-state index in [1.165, 1.54) is 16.7 Å². The summed E-state index contributed by atoms with van der Waals surface area (Å²) in [4.78, 5) is 2.57. The van der Waals surface area contributed by atoms with Crippen LogP contribution in [0.3, 0.4) is 0 Å². The van der Waals surface area contributed by atoms with E-state index in [9.17, 15) is 0 Å². The minimum Gasteiger partial charge on any atom is -0.314 e. The Morgan fingerprint density at radius 2 is 1.43 bits per heavy atom. The van der Waals surface area contributed by atoms with E-state index >= 15 is 0 Å². The van der Waals surface area contributed by atoms with Gasteiger partial charge in [0.2, 0.25) is 0 Å². The molecule has 1 atom stereocenters. The largest absolute Gasteiger partial charge is 0.314 e. The summed E-state index contributed by atoms with van der Waals surface area (Å²) in [5.41, 5.74) is 4.06. The zero-order chi connectivity index (χ0) is 14.7. The number of nitrogens with one attached hydrogen (secondary N) is 1. The smallest absolute Gasteiger partial charge is 0.0602 e. The molecule has 0 spiro atoms. The number of hydrogen-bond donors (Lipinski definition) is 1. The second kappa shape index (κ2) is 6.73. The van der Waals surface area contributed by atoms with Crippen molar-refractivity contribution < 1.29 is 0 Å². The molecule has 3 heteroatoms. The van der Waals surface area contributed by atoms with Gasteiger partial charge in [-0.25, -0.2) is 0 Å². The van der Waals surface area contributed by atoms with Crippen LogP contribution in [0.2, 0.25) is 0 Å². The van der Waals surface area contributed by atoms with Gasteiger partial charge in [-0.05, 0) is 30.2 Å². The van der Waals surface area contributed by atoms with Crippen molar-refractivity contribution in [1.29, 1.82) is 0 Å². The molecule has 2 aromatic carbocycles. The highest BCUT2D eigenvalue weighted by atomic mass is 79.9. The van der Waals surface area contributed by atoms with Crippen LogP contribution in [0.25, 0.3) is 0 Å². The molecule has 2 nitrogen and oxygen atoms in total. The first kappa shape index (κ1) is 14.8. The number of benzene rings is 2. The molecule has 0 saturated carbocycles. The van der Waals surface area contributed by atoms with Crippen molar-refractivity contribution in [3.63, 3.8) is 0 Å². The number of nitrogens with zero attached hydrogens (tertiary/aromatic N) is 1. The van der Waals surface area contributed by atoms with Gasteiger partial charge in [0.15, 0.2) is 0 Å². The molecule has 110 valence electrons. The van der Waals surface area contributed by atoms with Gasteiger partial charge in [0.05, 0.1) is 6.04 Å². The van der Waals surface area contributed by atoms with Gasteiger partial charge in [-0.2, -0.15) is 0 Å². The summed E-state index contributed by atoms with van der Waals surface area (Å²) in [5, 5.41) is 3.44. The van der Waals surface area contributed by atoms with E-state index in [1.54, 1.807) is 0 Å². The fourth-order valence-corrected chi connectivity index (χ4v) is 3.21. The van der Waals surface area contributed by atoms with Gasteiger partial charge in [0.25, 0.3) is 0 Å². The molecule has 3 rings (SSSR count). The van der Waals surface area contributed by atoms with Crippen LogP contribution in [0, 0.1) is 6.92 Å². The van der Waals surface area contributed by atoms with Crippen LogP contribution >= 0.6 is 15.9 Å². The quantitative estimate of drug-likeness (QED) is 0.911. The Balaban J connectivity index is 1.97. The van der Waals surface area contributed by atoms with Crippen LogP contribution in [0.4, 0.5) is 0 Å². The van der Waals surface area contributed by atoms with Crippen LogP contribution in [-0.4, -0.2) is 31.1 Å². The molecule has 0 radical (unpaired) electrons. The van der Waals surface area contributed by atoms with Crippen LogP contribution < -0.4 is 5.32 Å². The first-order valence-corrected chi connectivity index (χ1v) is 8.30. The fourth-order valence-electron chi connectivity index (χ4n) is 2.95. The first-order chi connectivity index (χ1) is 10.2. The first-order valence-electron chi connectivity index (χ1n) is 7.51. The third kappa shape index (κ3) is 3.54. The molecule has 2 aromatic rings. The molecule has 1 saturated heterocycles. The molecule has 1 aliphatic heterocycles. The summed E-state index contributed by atoms with van der Waals surface area (Å²) < 4.78 is 1.13. The van der Waals surface area contributed by atoms with E-state index in [1.807, 2.05) is 0 Å². The summed E-state index contributed by atoms with van der Waals surface area (Å²) in [6.07, 6.45) is 0. The predicted octanol–water partition coefficient (Wildman–Crippen LogP) is 3.75. The van der Waals surface area contributed by atoms with Gasteiger partial charge >= 0.3 is 0 Å². The van der Waals surface area contributed by atoms with Crippen molar-refractivity contribution in [3.8, 4) is 0 Å². The average Bonchev–Trinajstić information content (AvgIpc) is 2.52. The average molecular weight is 345 g/mol. The summed E-state index contributed by atoms with van der Waals surface area (Å²) >= 11 is 3.53. The second-order valence-corrected chi connectivity index (χ2v) is 6.57. The lowest BCUT2D eigenvalue weighted by Crippen LogP contribution is -2.45. The Labute approximate surface area is 135 Å². The van der Waals surface area contributed by atoms with Gasteiger partial charge < -0.3 is 5.32 Å². The Morgan fingerprint density at radius 1 is 0.905 bits per heavy atom. The molecule has 0 aliphatic carbocycles. The van der Waals surface area contributed by atoms with E-state index in [2.05, 4.69) is 81.6 Å². The summed E-state index contributed by atoms with van der Waals surface area (Å²) in [6.45, 7) is 6.46. The lowest BCUT2D eigenvalue weighted by atomic mass is 9.96. The summed E-state index contributed by atoms with van der Waals surface area (Å²) in [7, 11) is 0. The number of piperazine rings is 1. The van der Waals surface area contributed by atoms with Crippen LogP contribution in [0.15, 0.2) is 53.0 Å². The number of rotatable bonds is 3. The van der Waals surface area contributed by atoms with Crippen molar-refractivity contribution in [3.05, 3.63) is 69.7 Å². The molecule has 0 bridgehead atoms. The molecule has 1 unspecified atom stereocenters. The van der Waals surface area contributed by atoms with Gasteiger partial charge in [0, 0.05) is 30.7 Å². The summed E-state index contributed by atoms with van der Waals surface area (Å²) in [6, 6.07) is 18.0. The highest BCUT2D eigenvalue weighted by Crippen LogP contribution is 2.30. The topological polar surface area (TPSA) is 15.3 Å². The maximum Gasteiger partial charge on any atom is 0.0602 e. The minimum absolute atomic E-state index is 0.348. The SMILES string of the molecule is Cc1ccc(C(c2ccc(Br)cc2)N2CCNCC2)cc1. The van der Waals surface area contributed by atoms with Crippen molar-refractivity contribution in [2.45, 2.75) is 13.0 Å². The predicted molar refractivity (Wildman–Crippen MR) is 91.6 cm³/mol. The zero-order valence-corrected chi connectivity index (χ0v) is 13.9. The highest BCUT2D eigenvalue weighted by molar-refractivity contribution is 9.10. The normalized spacial score (nSPS) is 17.6. The van der Waals surface area contributed by atoms with E-state index in [4.69, 9.17) is 0 Å². The van der Waals surface area contributed by atoms with Crippen molar-refractivity contribution in [2.24, 2.45) is 0 Å². The molecule has 1 fully saturated rings. The Morgan fingerprint density at radius 3 is 2.00 bits per heavy atom. The lowest BCUT2D eigenvalue weighted by molar-refractivity contribution is 0.198. The molecule has 0 aromatic heterocycles. The standard InChI is InChI=1S/C18H21BrN2/c1-14-2-4-15(5-3-14)18(21-12-10-20-11-13-21)16-6-8-17(19)9-7-16/h2-9,18,20H,10-13H2,1H3. The molecular weight excluding hydrogens is 324 g/mol. The second-order valence-electron chi connectivity index (χ2n) is 5.65. The van der Waals surface area contributed by atoms with E-state index in [0.29, 0.717) is 6.04 Å². The van der Waals surface area contributed by atoms with Crippen LogP contribution in [-0.2, 0) is 0 Å². The highest BCUT2D eigenvalue weighted by Gasteiger charge is 2.23. The van der Waals surface area contributed by atoms with E-state index in [-0.39, 0.29) is 0 Å². The number of halogens is 1. The molecular formula is C18H21BrN2. The molecule has 0 amide bonds. The third-order valence-electron chi connectivity index (χ3n) is 4.10. The number of aryl methyl sites for hydroxylation is 1. The maximum absolute atomic E-state index is 3.53. The van der Waals surface area contributed by atoms with Crippen molar-refractivity contribution in [2.75, 3.05) is 26.2 Å². The number of hydrogen-bond acceptors (Lipinski definition) is 2. The minimum atomic E-state index is 0.348. The fraction of sp³-hybridized carbons (Fsp3) is 0.333. The molecule has 1 N–H and O–H groups in total. The molecule has 21 heavy (non-hydrogen) atoms. The van der Waals surface area contributed by atoms with Crippen LogP contribution in [0.5, 0.6) is 0 Å². The third-order valence-corrected chi connectivity index (χ3v) is 4.62. The monoisotopic (exact) mass is 344 g/mol. The molecule has 1 aliphatic rings. The Hall–Kier alpha value is -1.16. The van der Waals surface area contributed by atoms with Crippen molar-refractivity contribution in [1.82, 2.24) is 10.2 Å². The lowest BCUT2D eigenvalue weighted by Gasteiger charge is -2.35. The summed E-state index contributed by atoms with van der Waals surface area (Å²) in [5.74, 6) is 0. The van der Waals surface area contributed by atoms with Crippen LogP contribution in [0.1, 0.15) is 22.7 Å². The van der Waals surface area contributed by atoms with Gasteiger partial charge in [-0.1, -0.05) is 57.9 Å².